The monoisotopic (exact) mass is 282 g/mol. The molecule has 1 atom stereocenters. The minimum absolute atomic E-state index is 0.0916. The number of aliphatic hydroxyl groups is 1. The maximum Gasteiger partial charge on any atom is 0.418 e. The molecule has 0 saturated heterocycles. The van der Waals surface area contributed by atoms with Crippen molar-refractivity contribution in [1.82, 2.24) is 0 Å². The first-order chi connectivity index (χ1) is 9.29. The fourth-order valence-electron chi connectivity index (χ4n) is 2.37. The number of benzene rings is 2. The highest BCUT2D eigenvalue weighted by molar-refractivity contribution is 5.86. The van der Waals surface area contributed by atoms with Gasteiger partial charge in [0, 0.05) is 0 Å². The molecule has 0 aliphatic rings. The van der Waals surface area contributed by atoms with Gasteiger partial charge in [0.25, 0.3) is 0 Å². The summed E-state index contributed by atoms with van der Waals surface area (Å²) in [7, 11) is 0. The zero-order valence-electron chi connectivity index (χ0n) is 11.4. The number of aliphatic hydroxyl groups excluding tert-OH is 1. The maximum atomic E-state index is 12.7. The minimum Gasteiger partial charge on any atom is -0.379 e. The van der Waals surface area contributed by atoms with Crippen LogP contribution in [-0.4, -0.2) is 11.3 Å². The number of rotatable bonds is 3. The summed E-state index contributed by atoms with van der Waals surface area (Å²) in [6.07, 6.45) is -6.21. The molecule has 0 fully saturated rings. The van der Waals surface area contributed by atoms with E-state index in [1.807, 2.05) is 12.1 Å². The third-order valence-corrected chi connectivity index (χ3v) is 3.23. The summed E-state index contributed by atoms with van der Waals surface area (Å²) in [5.41, 5.74) is 0.997. The van der Waals surface area contributed by atoms with Crippen molar-refractivity contribution in [2.45, 2.75) is 32.5 Å². The van der Waals surface area contributed by atoms with Crippen molar-refractivity contribution >= 4 is 10.8 Å². The SMILES string of the molecule is CC(C)Cc1ccc2c(C(O)C(F)(F)F)cccc2c1. The Morgan fingerprint density at radius 3 is 2.40 bits per heavy atom. The van der Waals surface area contributed by atoms with E-state index in [0.717, 1.165) is 17.4 Å². The predicted octanol–water partition coefficient (Wildman–Crippen LogP) is 4.63. The lowest BCUT2D eigenvalue weighted by Gasteiger charge is -2.17. The van der Waals surface area contributed by atoms with Crippen LogP contribution in [0.25, 0.3) is 10.8 Å². The van der Waals surface area contributed by atoms with Gasteiger partial charge in [0.1, 0.15) is 0 Å². The van der Waals surface area contributed by atoms with Crippen LogP contribution in [0.15, 0.2) is 36.4 Å². The fraction of sp³-hybridized carbons (Fsp3) is 0.375. The zero-order valence-corrected chi connectivity index (χ0v) is 11.4. The molecule has 0 aliphatic heterocycles. The summed E-state index contributed by atoms with van der Waals surface area (Å²) in [4.78, 5) is 0. The van der Waals surface area contributed by atoms with Crippen LogP contribution in [0.3, 0.4) is 0 Å². The van der Waals surface area contributed by atoms with Crippen LogP contribution in [-0.2, 0) is 6.42 Å². The molecular weight excluding hydrogens is 265 g/mol. The van der Waals surface area contributed by atoms with Gasteiger partial charge in [-0.15, -0.1) is 0 Å². The van der Waals surface area contributed by atoms with E-state index in [1.54, 1.807) is 18.2 Å². The van der Waals surface area contributed by atoms with E-state index >= 15 is 0 Å². The lowest BCUT2D eigenvalue weighted by Crippen LogP contribution is -2.20. The Balaban J connectivity index is 2.49. The van der Waals surface area contributed by atoms with Crippen molar-refractivity contribution in [3.63, 3.8) is 0 Å². The second-order valence-corrected chi connectivity index (χ2v) is 5.44. The Morgan fingerprint density at radius 2 is 1.80 bits per heavy atom. The zero-order chi connectivity index (χ0) is 14.9. The molecule has 0 aromatic heterocycles. The third-order valence-electron chi connectivity index (χ3n) is 3.23. The topological polar surface area (TPSA) is 20.2 Å². The van der Waals surface area contributed by atoms with Gasteiger partial charge in [-0.05, 0) is 34.2 Å². The van der Waals surface area contributed by atoms with E-state index < -0.39 is 12.3 Å². The molecule has 108 valence electrons. The molecule has 2 aromatic carbocycles. The lowest BCUT2D eigenvalue weighted by molar-refractivity contribution is -0.206. The van der Waals surface area contributed by atoms with E-state index in [9.17, 15) is 18.3 Å². The molecule has 1 N–H and O–H groups in total. The Labute approximate surface area is 116 Å². The van der Waals surface area contributed by atoms with Gasteiger partial charge < -0.3 is 5.11 Å². The van der Waals surface area contributed by atoms with Gasteiger partial charge in [0.15, 0.2) is 6.10 Å². The van der Waals surface area contributed by atoms with Gasteiger partial charge >= 0.3 is 6.18 Å². The van der Waals surface area contributed by atoms with Crippen molar-refractivity contribution in [3.05, 3.63) is 47.5 Å². The van der Waals surface area contributed by atoms with E-state index in [0.29, 0.717) is 11.3 Å². The molecule has 0 saturated carbocycles. The molecule has 1 nitrogen and oxygen atoms in total. The van der Waals surface area contributed by atoms with Crippen LogP contribution in [0, 0.1) is 5.92 Å². The average molecular weight is 282 g/mol. The predicted molar refractivity (Wildman–Crippen MR) is 73.5 cm³/mol. The quantitative estimate of drug-likeness (QED) is 0.870. The summed E-state index contributed by atoms with van der Waals surface area (Å²) < 4.78 is 38.0. The molecule has 0 heterocycles. The van der Waals surface area contributed by atoms with Crippen molar-refractivity contribution < 1.29 is 18.3 Å². The number of hydrogen-bond donors (Lipinski definition) is 1. The van der Waals surface area contributed by atoms with Crippen molar-refractivity contribution in [2.24, 2.45) is 5.92 Å². The highest BCUT2D eigenvalue weighted by Gasteiger charge is 2.40. The standard InChI is InChI=1S/C16H17F3O/c1-10(2)8-11-6-7-13-12(9-11)4-3-5-14(13)15(20)16(17,18)19/h3-7,9-10,15,20H,8H2,1-2H3. The first-order valence-electron chi connectivity index (χ1n) is 6.55. The highest BCUT2D eigenvalue weighted by atomic mass is 19.4. The second kappa shape index (κ2) is 5.44. The number of halogens is 3. The Morgan fingerprint density at radius 1 is 1.10 bits per heavy atom. The molecule has 2 rings (SSSR count). The van der Waals surface area contributed by atoms with Gasteiger partial charge in [-0.2, -0.15) is 13.2 Å². The molecule has 4 heteroatoms. The van der Waals surface area contributed by atoms with E-state index in [1.165, 1.54) is 6.07 Å². The van der Waals surface area contributed by atoms with Gasteiger partial charge in [0.05, 0.1) is 0 Å². The summed E-state index contributed by atoms with van der Waals surface area (Å²) in [5.74, 6) is 0.483. The van der Waals surface area contributed by atoms with Crippen molar-refractivity contribution in [2.75, 3.05) is 0 Å². The maximum absolute atomic E-state index is 12.7. The van der Waals surface area contributed by atoms with Gasteiger partial charge in [-0.1, -0.05) is 50.2 Å². The second-order valence-electron chi connectivity index (χ2n) is 5.44. The van der Waals surface area contributed by atoms with Crippen LogP contribution in [0.4, 0.5) is 13.2 Å². The van der Waals surface area contributed by atoms with Crippen LogP contribution in [0.1, 0.15) is 31.1 Å². The normalized spacial score (nSPS) is 13.9. The van der Waals surface area contributed by atoms with E-state index in [4.69, 9.17) is 0 Å². The molecule has 0 bridgehead atoms. The van der Waals surface area contributed by atoms with Crippen LogP contribution in [0.5, 0.6) is 0 Å². The Bertz CT molecular complexity index is 602. The fourth-order valence-corrected chi connectivity index (χ4v) is 2.37. The summed E-state index contributed by atoms with van der Waals surface area (Å²) in [6, 6.07) is 10.0. The third kappa shape index (κ3) is 3.12. The summed E-state index contributed by atoms with van der Waals surface area (Å²) in [5, 5.41) is 10.6. The Hall–Kier alpha value is -1.55. The molecule has 20 heavy (non-hydrogen) atoms. The molecule has 2 aromatic rings. The molecular formula is C16H17F3O. The van der Waals surface area contributed by atoms with Crippen molar-refractivity contribution in [1.29, 1.82) is 0 Å². The van der Waals surface area contributed by atoms with Crippen molar-refractivity contribution in [3.8, 4) is 0 Å². The van der Waals surface area contributed by atoms with Gasteiger partial charge in [0.2, 0.25) is 0 Å². The van der Waals surface area contributed by atoms with Gasteiger partial charge in [-0.25, -0.2) is 0 Å². The lowest BCUT2D eigenvalue weighted by atomic mass is 9.95. The molecule has 0 radical (unpaired) electrons. The smallest absolute Gasteiger partial charge is 0.379 e. The Kier molecular flexibility index (Phi) is 4.04. The first-order valence-corrected chi connectivity index (χ1v) is 6.55. The van der Waals surface area contributed by atoms with Crippen LogP contribution in [0.2, 0.25) is 0 Å². The average Bonchev–Trinajstić information content (AvgIpc) is 2.35. The summed E-state index contributed by atoms with van der Waals surface area (Å²) >= 11 is 0. The minimum atomic E-state index is -4.65. The molecule has 1 unspecified atom stereocenters. The largest absolute Gasteiger partial charge is 0.418 e. The van der Waals surface area contributed by atoms with Crippen LogP contribution >= 0.6 is 0 Å². The summed E-state index contributed by atoms with van der Waals surface area (Å²) in [6.45, 7) is 4.18. The van der Waals surface area contributed by atoms with E-state index in [-0.39, 0.29) is 5.56 Å². The number of fused-ring (bicyclic) bond motifs is 1. The molecule has 0 aliphatic carbocycles. The number of alkyl halides is 3. The number of hydrogen-bond acceptors (Lipinski definition) is 1. The van der Waals surface area contributed by atoms with Gasteiger partial charge in [-0.3, -0.25) is 0 Å². The molecule has 0 spiro atoms. The van der Waals surface area contributed by atoms with E-state index in [2.05, 4.69) is 13.8 Å². The highest BCUT2D eigenvalue weighted by Crippen LogP contribution is 2.36. The first kappa shape index (κ1) is 14.9. The van der Waals surface area contributed by atoms with Crippen LogP contribution < -0.4 is 0 Å². The molecule has 0 amide bonds.